The van der Waals surface area contributed by atoms with Gasteiger partial charge >= 0.3 is 11.9 Å². The Hall–Kier alpha value is -1.74. The van der Waals surface area contributed by atoms with Crippen molar-refractivity contribution in [1.29, 1.82) is 0 Å². The van der Waals surface area contributed by atoms with E-state index < -0.39 is 11.9 Å². The second kappa shape index (κ2) is 16.0. The Morgan fingerprint density at radius 2 is 1.00 bits per heavy atom. The van der Waals surface area contributed by atoms with E-state index in [4.69, 9.17) is 34.6 Å². The van der Waals surface area contributed by atoms with Crippen LogP contribution < -0.4 is 0 Å². The largest absolute Gasteiger partial charge is 0.481 e. The summed E-state index contributed by atoms with van der Waals surface area (Å²) in [6.45, 7) is 0. The summed E-state index contributed by atoms with van der Waals surface area (Å²) < 4.78 is 1.53. The van der Waals surface area contributed by atoms with Crippen molar-refractivity contribution < 1.29 is 19.8 Å². The van der Waals surface area contributed by atoms with Crippen LogP contribution in [0, 0.1) is 0 Å². The predicted molar refractivity (Wildman–Crippen MR) is 135 cm³/mol. The first-order valence-corrected chi connectivity index (χ1v) is 12.0. The summed E-state index contributed by atoms with van der Waals surface area (Å²) in [6.07, 6.45) is 3.28. The Morgan fingerprint density at radius 3 is 1.30 bits per heavy atom. The van der Waals surface area contributed by atoms with Gasteiger partial charge in [0.15, 0.2) is 0 Å². The third-order valence-electron chi connectivity index (χ3n) is 3.63. The van der Waals surface area contributed by atoms with Crippen LogP contribution in [-0.2, 0) is 22.4 Å². The second-order valence-corrected chi connectivity index (χ2v) is 9.72. The second-order valence-electron chi connectivity index (χ2n) is 6.08. The van der Waals surface area contributed by atoms with Crippen molar-refractivity contribution in [3.63, 3.8) is 0 Å². The average Bonchev–Trinajstić information content (AvgIpc) is 2.75. The maximum atomic E-state index is 10.3. The predicted octanol–water partition coefficient (Wildman–Crippen LogP) is 5.53. The maximum absolute atomic E-state index is 10.3. The topological polar surface area (TPSA) is 74.6 Å². The van der Waals surface area contributed by atoms with Gasteiger partial charge < -0.3 is 10.2 Å². The molecule has 8 heteroatoms. The van der Waals surface area contributed by atoms with Crippen LogP contribution in [0.3, 0.4) is 0 Å². The van der Waals surface area contributed by atoms with Crippen molar-refractivity contribution in [3.05, 3.63) is 71.8 Å². The number of carbonyl (C=O) groups is 2. The van der Waals surface area contributed by atoms with E-state index in [9.17, 15) is 9.59 Å². The smallest absolute Gasteiger partial charge is 0.313 e. The molecule has 0 aliphatic rings. The highest BCUT2D eigenvalue weighted by Crippen LogP contribution is 2.12. The fourth-order valence-corrected chi connectivity index (χ4v) is 3.83. The van der Waals surface area contributed by atoms with E-state index in [1.807, 2.05) is 60.7 Å². The first-order valence-electron chi connectivity index (χ1n) is 9.19. The summed E-state index contributed by atoms with van der Waals surface area (Å²) in [6, 6.07) is 20.1. The zero-order valence-electron chi connectivity index (χ0n) is 16.4. The molecule has 0 heterocycles. The van der Waals surface area contributed by atoms with Gasteiger partial charge in [-0.3, -0.25) is 9.59 Å². The van der Waals surface area contributed by atoms with Gasteiger partial charge in [0, 0.05) is 8.39 Å². The number of benzene rings is 2. The molecule has 0 fully saturated rings. The molecule has 0 radical (unpaired) electrons. The lowest BCUT2D eigenvalue weighted by molar-refractivity contribution is -0.134. The van der Waals surface area contributed by atoms with Gasteiger partial charge in [-0.05, 0) is 36.8 Å². The van der Waals surface area contributed by atoms with Crippen molar-refractivity contribution in [1.82, 2.24) is 0 Å². The van der Waals surface area contributed by atoms with E-state index in [-0.39, 0.29) is 11.5 Å². The monoisotopic (exact) mass is 480 g/mol. The number of aryl methyl sites for hydroxylation is 2. The molecule has 0 amide bonds. The lowest BCUT2D eigenvalue weighted by Crippen LogP contribution is -2.02. The zero-order valence-corrected chi connectivity index (χ0v) is 19.6. The first-order chi connectivity index (χ1) is 14.4. The summed E-state index contributed by atoms with van der Waals surface area (Å²) in [5, 5.41) is 16.9. The molecule has 2 aromatic rings. The highest BCUT2D eigenvalue weighted by atomic mass is 32.2. The fraction of sp³-hybridized carbons (Fsp3) is 0.273. The van der Waals surface area contributed by atoms with Crippen LogP contribution in [0.15, 0.2) is 60.7 Å². The van der Waals surface area contributed by atoms with E-state index in [1.54, 1.807) is 0 Å². The molecule has 0 aliphatic heterocycles. The molecule has 0 saturated carbocycles. The lowest BCUT2D eigenvalue weighted by Gasteiger charge is -2.01. The number of thiocarbonyl (C=S) groups is 2. The molecule has 0 aliphatic carbocycles. The molecule has 30 heavy (non-hydrogen) atoms. The van der Waals surface area contributed by atoms with Gasteiger partial charge in [0.05, 0.1) is 11.5 Å². The molecule has 2 rings (SSSR count). The standard InChI is InChI=1S/2C11H12O2S2/c2*12-10(13)8-15-11(14)7-6-9-4-2-1-3-5-9/h2*1-5H,6-8H2,(H,12,13). The Morgan fingerprint density at radius 1 is 0.667 bits per heavy atom. The summed E-state index contributed by atoms with van der Waals surface area (Å²) in [4.78, 5) is 20.6. The molecule has 0 spiro atoms. The number of aliphatic carboxylic acids is 2. The van der Waals surface area contributed by atoms with E-state index in [2.05, 4.69) is 0 Å². The SMILES string of the molecule is O=C(O)CSC(=S)CCc1ccccc1.O=C(O)CSC(=S)CCc1ccccc1. The van der Waals surface area contributed by atoms with Gasteiger partial charge in [0.25, 0.3) is 0 Å². The van der Waals surface area contributed by atoms with Crippen molar-refractivity contribution in [3.8, 4) is 0 Å². The molecule has 0 aromatic heterocycles. The molecule has 2 aromatic carbocycles. The Kier molecular flexibility index (Phi) is 14.0. The van der Waals surface area contributed by atoms with Gasteiger partial charge in [-0.1, -0.05) is 85.1 Å². The van der Waals surface area contributed by atoms with Gasteiger partial charge in [0.1, 0.15) is 0 Å². The summed E-state index contributed by atoms with van der Waals surface area (Å²) in [7, 11) is 0. The number of rotatable bonds is 10. The van der Waals surface area contributed by atoms with Gasteiger partial charge in [0.2, 0.25) is 0 Å². The van der Waals surface area contributed by atoms with Gasteiger partial charge in [-0.2, -0.15) is 0 Å². The van der Waals surface area contributed by atoms with E-state index in [0.29, 0.717) is 0 Å². The molecule has 2 N–H and O–H groups in total. The van der Waals surface area contributed by atoms with Crippen LogP contribution in [0.1, 0.15) is 24.0 Å². The summed E-state index contributed by atoms with van der Waals surface area (Å²) in [5.41, 5.74) is 2.46. The molecule has 0 bridgehead atoms. The number of hydrogen-bond donors (Lipinski definition) is 2. The van der Waals surface area contributed by atoms with Crippen LogP contribution in [-0.4, -0.2) is 42.1 Å². The lowest BCUT2D eigenvalue weighted by atomic mass is 10.1. The molecule has 0 unspecified atom stereocenters. The summed E-state index contributed by atoms with van der Waals surface area (Å²) >= 11 is 12.6. The molecule has 4 nitrogen and oxygen atoms in total. The Labute approximate surface area is 196 Å². The van der Waals surface area contributed by atoms with E-state index in [1.165, 1.54) is 34.7 Å². The highest BCUT2D eigenvalue weighted by molar-refractivity contribution is 8.23. The van der Waals surface area contributed by atoms with Crippen LogP contribution >= 0.6 is 48.0 Å². The van der Waals surface area contributed by atoms with Crippen molar-refractivity contribution in [2.24, 2.45) is 0 Å². The Bertz CT molecular complexity index is 741. The first kappa shape index (κ1) is 26.3. The van der Waals surface area contributed by atoms with Crippen molar-refractivity contribution in [2.45, 2.75) is 25.7 Å². The van der Waals surface area contributed by atoms with E-state index >= 15 is 0 Å². The molecular formula is C22H24O4S4. The summed E-state index contributed by atoms with van der Waals surface area (Å²) in [5.74, 6) is -1.51. The van der Waals surface area contributed by atoms with Crippen LogP contribution in [0.25, 0.3) is 0 Å². The number of hydrogen-bond acceptors (Lipinski definition) is 6. The number of carboxylic acids is 2. The fourth-order valence-electron chi connectivity index (χ4n) is 2.21. The molecule has 0 atom stereocenters. The van der Waals surface area contributed by atoms with Crippen LogP contribution in [0.5, 0.6) is 0 Å². The number of thioether (sulfide) groups is 2. The minimum Gasteiger partial charge on any atom is -0.481 e. The Balaban J connectivity index is 0.000000300. The van der Waals surface area contributed by atoms with Gasteiger partial charge in [-0.25, -0.2) is 0 Å². The molecule has 0 saturated heterocycles. The average molecular weight is 481 g/mol. The zero-order chi connectivity index (χ0) is 22.2. The van der Waals surface area contributed by atoms with Crippen molar-refractivity contribution in [2.75, 3.05) is 11.5 Å². The molecular weight excluding hydrogens is 457 g/mol. The third kappa shape index (κ3) is 14.3. The highest BCUT2D eigenvalue weighted by Gasteiger charge is 2.03. The maximum Gasteiger partial charge on any atom is 0.313 e. The van der Waals surface area contributed by atoms with Crippen LogP contribution in [0.2, 0.25) is 0 Å². The number of carboxylic acid groups (broad SMARTS) is 2. The van der Waals surface area contributed by atoms with Crippen LogP contribution in [0.4, 0.5) is 0 Å². The van der Waals surface area contributed by atoms with Gasteiger partial charge in [-0.15, -0.1) is 23.5 Å². The minimum absolute atomic E-state index is 0.0631. The molecule has 160 valence electrons. The normalized spacial score (nSPS) is 9.87. The third-order valence-corrected chi connectivity index (χ3v) is 6.58. The minimum atomic E-state index is -0.818. The van der Waals surface area contributed by atoms with Crippen molar-refractivity contribution >= 4 is 68.3 Å². The quantitative estimate of drug-likeness (QED) is 0.430. The van der Waals surface area contributed by atoms with E-state index in [0.717, 1.165) is 34.1 Å².